The van der Waals surface area contributed by atoms with Crippen LogP contribution in [-0.4, -0.2) is 35.4 Å². The number of aromatic hydroxyl groups is 1. The van der Waals surface area contributed by atoms with E-state index in [2.05, 4.69) is 0 Å². The maximum absolute atomic E-state index is 13.7. The van der Waals surface area contributed by atoms with Crippen LogP contribution in [0, 0.1) is 17.8 Å². The van der Waals surface area contributed by atoms with Crippen molar-refractivity contribution in [2.75, 3.05) is 12.0 Å². The molecule has 2 aliphatic heterocycles. The minimum absolute atomic E-state index is 0.0782. The third kappa shape index (κ3) is 2.98. The van der Waals surface area contributed by atoms with Crippen molar-refractivity contribution in [3.05, 3.63) is 53.6 Å². The molecule has 1 aliphatic carbocycles. The number of allylic oxidation sites excluding steroid dienone is 1. The fourth-order valence-electron chi connectivity index (χ4n) is 5.50. The molecule has 7 nitrogen and oxygen atoms in total. The Morgan fingerprint density at radius 1 is 1.12 bits per heavy atom. The van der Waals surface area contributed by atoms with E-state index in [9.17, 15) is 19.5 Å². The molecule has 0 spiro atoms. The van der Waals surface area contributed by atoms with Crippen LogP contribution in [0.3, 0.4) is 0 Å². The quantitative estimate of drug-likeness (QED) is 0.565. The summed E-state index contributed by atoms with van der Waals surface area (Å²) >= 11 is 0. The van der Waals surface area contributed by atoms with Crippen LogP contribution in [-0.2, 0) is 9.59 Å². The zero-order valence-electron chi connectivity index (χ0n) is 18.9. The summed E-state index contributed by atoms with van der Waals surface area (Å²) in [6, 6.07) is 10.0. The Kier molecular flexibility index (Phi) is 4.64. The summed E-state index contributed by atoms with van der Waals surface area (Å²) < 4.78 is 11.5. The van der Waals surface area contributed by atoms with Gasteiger partial charge in [0.25, 0.3) is 0 Å². The average molecular weight is 447 g/mol. The topological polar surface area (TPSA) is 93.1 Å². The predicted molar refractivity (Wildman–Crippen MR) is 121 cm³/mol. The number of methoxy groups -OCH3 is 1. The molecule has 2 heterocycles. The van der Waals surface area contributed by atoms with Crippen molar-refractivity contribution in [2.24, 2.45) is 17.8 Å². The minimum Gasteiger partial charge on any atom is -0.502 e. The second-order valence-electron chi connectivity index (χ2n) is 9.32. The van der Waals surface area contributed by atoms with Crippen LogP contribution >= 0.6 is 0 Å². The van der Waals surface area contributed by atoms with Crippen LogP contribution < -0.4 is 14.4 Å². The molecule has 0 unspecified atom stereocenters. The number of ketones is 1. The highest BCUT2D eigenvalue weighted by Crippen LogP contribution is 2.57. The monoisotopic (exact) mass is 447 g/mol. The fraction of sp³-hybridized carbons (Fsp3) is 0.346. The number of phenols is 1. The van der Waals surface area contributed by atoms with Gasteiger partial charge in [0.15, 0.2) is 17.3 Å². The lowest BCUT2D eigenvalue weighted by Crippen LogP contribution is -2.49. The summed E-state index contributed by atoms with van der Waals surface area (Å²) in [4.78, 5) is 39.9. The van der Waals surface area contributed by atoms with Crippen molar-refractivity contribution >= 4 is 28.9 Å². The van der Waals surface area contributed by atoms with E-state index in [1.807, 2.05) is 26.0 Å². The first kappa shape index (κ1) is 21.2. The molecule has 33 heavy (non-hydrogen) atoms. The number of carbonyl (C=O) groups is 3. The molecule has 3 atom stereocenters. The predicted octanol–water partition coefficient (Wildman–Crippen LogP) is 3.98. The molecule has 1 fully saturated rings. The van der Waals surface area contributed by atoms with E-state index < -0.39 is 17.4 Å². The number of nitrogens with zero attached hydrogens (tertiary/aromatic N) is 1. The van der Waals surface area contributed by atoms with Gasteiger partial charge in [-0.25, -0.2) is 0 Å². The lowest BCUT2D eigenvalue weighted by molar-refractivity contribution is -0.124. The van der Waals surface area contributed by atoms with Crippen LogP contribution in [0.25, 0.3) is 5.57 Å². The second kappa shape index (κ2) is 7.20. The molecule has 5 rings (SSSR count). The normalized spacial score (nSPS) is 24.9. The highest BCUT2D eigenvalue weighted by Gasteiger charge is 2.59. The zero-order valence-corrected chi connectivity index (χ0v) is 18.9. The van der Waals surface area contributed by atoms with E-state index >= 15 is 0 Å². The van der Waals surface area contributed by atoms with E-state index in [1.165, 1.54) is 18.9 Å². The van der Waals surface area contributed by atoms with Gasteiger partial charge in [-0.05, 0) is 69.2 Å². The van der Waals surface area contributed by atoms with Gasteiger partial charge in [-0.3, -0.25) is 19.3 Å². The Balaban J connectivity index is 1.57. The van der Waals surface area contributed by atoms with Gasteiger partial charge in [0, 0.05) is 17.0 Å². The van der Waals surface area contributed by atoms with E-state index in [0.29, 0.717) is 34.7 Å². The molecule has 1 saturated heterocycles. The number of carbonyl (C=O) groups excluding carboxylic acids is 3. The number of imide groups is 1. The molecule has 0 saturated carbocycles. The van der Waals surface area contributed by atoms with Gasteiger partial charge < -0.3 is 14.6 Å². The highest BCUT2D eigenvalue weighted by molar-refractivity contribution is 6.23. The van der Waals surface area contributed by atoms with Crippen molar-refractivity contribution in [1.82, 2.24) is 0 Å². The lowest BCUT2D eigenvalue weighted by atomic mass is 9.64. The number of hydrogen-bond donors (Lipinski definition) is 1. The number of anilines is 1. The largest absolute Gasteiger partial charge is 0.502 e. The number of phenolic OH excluding ortho intramolecular Hbond substituents is 1. The smallest absolute Gasteiger partial charge is 0.238 e. The van der Waals surface area contributed by atoms with Gasteiger partial charge in [0.05, 0.1) is 24.6 Å². The molecule has 170 valence electrons. The Morgan fingerprint density at radius 3 is 2.45 bits per heavy atom. The first-order valence-electron chi connectivity index (χ1n) is 10.9. The van der Waals surface area contributed by atoms with Gasteiger partial charge in [-0.2, -0.15) is 0 Å². The van der Waals surface area contributed by atoms with Crippen molar-refractivity contribution < 1.29 is 29.0 Å². The number of Topliss-reactive ketones (excluding diaryl/α,β-unsaturated/α-hetero) is 1. The maximum atomic E-state index is 13.7. The van der Waals surface area contributed by atoms with E-state index in [1.54, 1.807) is 30.3 Å². The van der Waals surface area contributed by atoms with E-state index in [-0.39, 0.29) is 29.3 Å². The highest BCUT2D eigenvalue weighted by atomic mass is 16.5. The molecule has 2 aromatic rings. The van der Waals surface area contributed by atoms with E-state index in [0.717, 1.165) is 5.57 Å². The molecule has 2 aromatic carbocycles. The van der Waals surface area contributed by atoms with Crippen molar-refractivity contribution in [2.45, 2.75) is 32.8 Å². The Labute approximate surface area is 191 Å². The third-order valence-electron chi connectivity index (χ3n) is 7.03. The summed E-state index contributed by atoms with van der Waals surface area (Å²) in [6.07, 6.45) is 2.42. The van der Waals surface area contributed by atoms with Crippen LogP contribution in [0.15, 0.2) is 42.5 Å². The summed E-state index contributed by atoms with van der Waals surface area (Å²) in [7, 11) is 1.48. The maximum Gasteiger partial charge on any atom is 0.238 e. The molecular formula is C26H25NO6. The van der Waals surface area contributed by atoms with Gasteiger partial charge >= 0.3 is 0 Å². The number of hydrogen-bond acceptors (Lipinski definition) is 6. The Hall–Kier alpha value is -3.61. The molecule has 0 bridgehead atoms. The summed E-state index contributed by atoms with van der Waals surface area (Å²) in [5.41, 5.74) is 1.74. The first-order chi connectivity index (χ1) is 15.7. The molecule has 3 aliphatic rings. The fourth-order valence-corrected chi connectivity index (χ4v) is 5.50. The van der Waals surface area contributed by atoms with Crippen LogP contribution in [0.2, 0.25) is 0 Å². The van der Waals surface area contributed by atoms with Gasteiger partial charge in [-0.15, -0.1) is 0 Å². The SMILES string of the molecule is COc1ccc2c(c1O)OC(C)(C)[C@@H]1C2=CC[C@@H]2C(=O)N(c3ccc(C(C)=O)cc3)C(=O)[C@@H]21. The third-order valence-corrected chi connectivity index (χ3v) is 7.03. The molecule has 0 aromatic heterocycles. The number of benzene rings is 2. The van der Waals surface area contributed by atoms with Crippen molar-refractivity contribution in [3.63, 3.8) is 0 Å². The number of fused-ring (bicyclic) bond motifs is 5. The second-order valence-corrected chi connectivity index (χ2v) is 9.32. The zero-order chi connectivity index (χ0) is 23.7. The van der Waals surface area contributed by atoms with Gasteiger partial charge in [-0.1, -0.05) is 6.08 Å². The molecule has 1 N–H and O–H groups in total. The van der Waals surface area contributed by atoms with Crippen molar-refractivity contribution in [1.29, 1.82) is 0 Å². The summed E-state index contributed by atoms with van der Waals surface area (Å²) in [5, 5.41) is 10.7. The Morgan fingerprint density at radius 2 is 1.82 bits per heavy atom. The summed E-state index contributed by atoms with van der Waals surface area (Å²) in [5.74, 6) is -1.47. The number of ether oxygens (including phenoxy) is 2. The Bertz CT molecular complexity index is 1230. The van der Waals surface area contributed by atoms with Gasteiger partial charge in [0.2, 0.25) is 17.6 Å². The summed E-state index contributed by atoms with van der Waals surface area (Å²) in [6.45, 7) is 5.22. The van der Waals surface area contributed by atoms with Crippen LogP contribution in [0.5, 0.6) is 17.2 Å². The lowest BCUT2D eigenvalue weighted by Gasteiger charge is -2.46. The number of rotatable bonds is 3. The average Bonchev–Trinajstić information content (AvgIpc) is 3.04. The van der Waals surface area contributed by atoms with Crippen molar-refractivity contribution in [3.8, 4) is 17.2 Å². The molecular weight excluding hydrogens is 422 g/mol. The van der Waals surface area contributed by atoms with E-state index in [4.69, 9.17) is 9.47 Å². The molecule has 2 amide bonds. The van der Waals surface area contributed by atoms with Gasteiger partial charge in [0.1, 0.15) is 5.60 Å². The standard InChI is InChI=1S/C26H25NO6/c1-13(28)14-5-7-15(8-6-14)27-24(30)18-10-9-16-17-11-12-19(32-4)22(29)23(17)33-26(2,3)21(16)20(18)25(27)31/h5-9,11-12,18,20-21,29H,10H2,1-4H3/t18-,20-,21+/m0/s1. The minimum atomic E-state index is -0.851. The molecule has 7 heteroatoms. The first-order valence-corrected chi connectivity index (χ1v) is 10.9. The van der Waals surface area contributed by atoms with Crippen LogP contribution in [0.1, 0.15) is 43.1 Å². The van der Waals surface area contributed by atoms with Crippen LogP contribution in [0.4, 0.5) is 5.69 Å². The molecule has 0 radical (unpaired) electrons. The number of amides is 2.